The van der Waals surface area contributed by atoms with E-state index < -0.39 is 111 Å². The lowest BCUT2D eigenvalue weighted by atomic mass is 9.96. The molecular weight excluding hydrogens is 764 g/mol. The summed E-state index contributed by atoms with van der Waals surface area (Å²) in [5.74, 6) is -0.938. The highest BCUT2D eigenvalue weighted by molar-refractivity contribution is 5.87. The summed E-state index contributed by atoms with van der Waals surface area (Å²) in [7, 11) is 2.73. The highest BCUT2D eigenvalue weighted by Gasteiger charge is 2.53. The van der Waals surface area contributed by atoms with E-state index in [0.717, 1.165) is 6.08 Å². The minimum Gasteiger partial charge on any atom is -0.504 e. The molecule has 0 amide bonds. The van der Waals surface area contributed by atoms with Crippen LogP contribution in [-0.2, 0) is 44.4 Å². The molecule has 15 atom stereocenters. The fourth-order valence-electron chi connectivity index (χ4n) is 6.46. The van der Waals surface area contributed by atoms with Crippen LogP contribution in [0.3, 0.4) is 0 Å². The first-order valence-corrected chi connectivity index (χ1v) is 18.0. The molecule has 3 fully saturated rings. The van der Waals surface area contributed by atoms with Gasteiger partial charge in [0.25, 0.3) is 0 Å². The van der Waals surface area contributed by atoms with E-state index >= 15 is 0 Å². The Balaban J connectivity index is 1.44. The van der Waals surface area contributed by atoms with Gasteiger partial charge in [-0.15, -0.1) is 0 Å². The Morgan fingerprint density at radius 2 is 1.37 bits per heavy atom. The summed E-state index contributed by atoms with van der Waals surface area (Å²) in [6, 6.07) is 8.92. The lowest BCUT2D eigenvalue weighted by Crippen LogP contribution is -2.65. The third kappa shape index (κ3) is 10.5. The van der Waals surface area contributed by atoms with Crippen LogP contribution in [0, 0.1) is 0 Å². The predicted octanol–water partition coefficient (Wildman–Crippen LogP) is -2.59. The first-order valence-electron chi connectivity index (χ1n) is 18.0. The number of hydrogen-bond donors (Lipinski definition) is 10. The van der Waals surface area contributed by atoms with E-state index in [0.29, 0.717) is 11.1 Å². The zero-order chi connectivity index (χ0) is 41.6. The van der Waals surface area contributed by atoms with Crippen LogP contribution in [0.15, 0.2) is 42.5 Å². The molecule has 20 nitrogen and oxygen atoms in total. The Morgan fingerprint density at radius 3 is 2.05 bits per heavy atom. The largest absolute Gasteiger partial charge is 0.504 e. The van der Waals surface area contributed by atoms with Crippen molar-refractivity contribution in [3.8, 4) is 23.0 Å². The second-order valence-corrected chi connectivity index (χ2v) is 13.6. The highest BCUT2D eigenvalue weighted by Crippen LogP contribution is 2.33. The summed E-state index contributed by atoms with van der Waals surface area (Å²) in [5.41, 5.74) is 1.02. The molecule has 0 spiro atoms. The molecule has 0 aliphatic carbocycles. The molecule has 318 valence electrons. The fraction of sp³-hybridized carbons (Fsp3) is 0.595. The highest BCUT2D eigenvalue weighted by atomic mass is 16.8. The van der Waals surface area contributed by atoms with Gasteiger partial charge < -0.3 is 93.7 Å². The van der Waals surface area contributed by atoms with E-state index in [1.807, 2.05) is 0 Å². The van der Waals surface area contributed by atoms with Crippen LogP contribution in [0.4, 0.5) is 0 Å². The van der Waals surface area contributed by atoms with E-state index in [-0.39, 0.29) is 36.0 Å². The van der Waals surface area contributed by atoms with Crippen molar-refractivity contribution in [2.75, 3.05) is 34.0 Å². The smallest absolute Gasteiger partial charge is 0.331 e. The first-order chi connectivity index (χ1) is 27.2. The normalized spacial score (nSPS) is 35.9. The van der Waals surface area contributed by atoms with Gasteiger partial charge in [-0.2, -0.15) is 0 Å². The van der Waals surface area contributed by atoms with Crippen LogP contribution in [0.1, 0.15) is 18.1 Å². The number of aliphatic hydroxyl groups is 8. The number of carbonyl (C=O) groups is 1. The predicted molar refractivity (Wildman–Crippen MR) is 190 cm³/mol. The maximum atomic E-state index is 13.4. The van der Waals surface area contributed by atoms with E-state index in [9.17, 15) is 55.9 Å². The Bertz CT molecular complexity index is 1640. The van der Waals surface area contributed by atoms with E-state index in [1.54, 1.807) is 12.1 Å². The molecule has 0 bridgehead atoms. The van der Waals surface area contributed by atoms with Gasteiger partial charge in [0.1, 0.15) is 61.0 Å². The maximum Gasteiger partial charge on any atom is 0.331 e. The van der Waals surface area contributed by atoms with Crippen LogP contribution < -0.4 is 9.47 Å². The summed E-state index contributed by atoms with van der Waals surface area (Å²) in [5, 5.41) is 104. The molecule has 3 saturated heterocycles. The van der Waals surface area contributed by atoms with Crippen LogP contribution in [0.25, 0.3) is 6.08 Å². The Labute approximate surface area is 326 Å². The summed E-state index contributed by atoms with van der Waals surface area (Å²) in [6.07, 6.45) is -22.0. The van der Waals surface area contributed by atoms with Gasteiger partial charge in [-0.3, -0.25) is 0 Å². The lowest BCUT2D eigenvalue weighted by Gasteiger charge is -2.47. The molecule has 0 saturated carbocycles. The molecule has 0 radical (unpaired) electrons. The van der Waals surface area contributed by atoms with Crippen LogP contribution >= 0.6 is 0 Å². The standard InChI is InChI=1S/C37H50O20/c1-16-26(42)28(44)31(47)37(53-16)57-34-32(48)36(51-11-10-18-5-8-21(49-2)20(40)12-18)55-24(15-52-35-30(46)29(45)27(43)23(14-38)54-35)33(34)56-25(41)9-6-17-4-7-19(39)22(13-17)50-3/h4-9,12-13,16,23-24,26-40,42-48H,10-11,14-15H2,1-3H3/b9-6+/t16-,23-,24-,26+,27-,28-,29+,30-,31-,32-,33-,34+,35-,36-,37+/m1/s1. The van der Waals surface area contributed by atoms with Gasteiger partial charge >= 0.3 is 5.97 Å². The SMILES string of the molecule is COc1ccc(CCO[C@@H]2O[C@H](CO[C@@H]3O[C@H](CO)[C@@H](O)[C@H](O)[C@H]3O)[C@@H](OC(=O)/C=C/c3ccc(O)c(OC)c3)[C@@H](O[C@@H]3O[C@H](C)[C@H](O)[C@@H](O)[C@H]3O)[C@H]2O)cc1O. The number of aliphatic hydroxyl groups excluding tert-OH is 8. The number of benzene rings is 2. The van der Waals surface area contributed by atoms with Crippen LogP contribution in [-0.4, -0.2) is 183 Å². The van der Waals surface area contributed by atoms with Crippen molar-refractivity contribution in [1.29, 1.82) is 0 Å². The second-order valence-electron chi connectivity index (χ2n) is 13.6. The number of carbonyl (C=O) groups excluding carboxylic acids is 1. The van der Waals surface area contributed by atoms with Gasteiger partial charge in [-0.05, 0) is 54.8 Å². The molecular formula is C37H50O20. The molecule has 3 aliphatic heterocycles. The third-order valence-corrected chi connectivity index (χ3v) is 9.77. The molecule has 57 heavy (non-hydrogen) atoms. The minimum absolute atomic E-state index is 0.121. The summed E-state index contributed by atoms with van der Waals surface area (Å²) in [4.78, 5) is 13.4. The van der Waals surface area contributed by atoms with Crippen molar-refractivity contribution in [2.45, 2.75) is 105 Å². The Kier molecular flexibility index (Phi) is 15.4. The molecule has 2 aromatic carbocycles. The molecule has 10 N–H and O–H groups in total. The number of phenols is 2. The van der Waals surface area contributed by atoms with Crippen molar-refractivity contribution in [3.63, 3.8) is 0 Å². The number of hydrogen-bond acceptors (Lipinski definition) is 20. The number of aromatic hydroxyl groups is 2. The van der Waals surface area contributed by atoms with Gasteiger partial charge in [0.15, 0.2) is 48.0 Å². The monoisotopic (exact) mass is 814 g/mol. The van der Waals surface area contributed by atoms with Crippen molar-refractivity contribution >= 4 is 12.0 Å². The van der Waals surface area contributed by atoms with E-state index in [1.165, 1.54) is 51.5 Å². The van der Waals surface area contributed by atoms with E-state index in [4.69, 9.17) is 42.6 Å². The number of methoxy groups -OCH3 is 2. The van der Waals surface area contributed by atoms with Gasteiger partial charge in [0, 0.05) is 6.08 Å². The van der Waals surface area contributed by atoms with Crippen molar-refractivity contribution < 1.29 is 98.5 Å². The first kappa shape index (κ1) is 44.4. The van der Waals surface area contributed by atoms with E-state index in [2.05, 4.69) is 0 Å². The fourth-order valence-corrected chi connectivity index (χ4v) is 6.46. The molecule has 0 unspecified atom stereocenters. The second kappa shape index (κ2) is 19.8. The average Bonchev–Trinajstić information content (AvgIpc) is 3.20. The Hall–Kier alpha value is -3.71. The zero-order valence-corrected chi connectivity index (χ0v) is 31.2. The topological polar surface area (TPSA) is 302 Å². The van der Waals surface area contributed by atoms with Crippen LogP contribution in [0.2, 0.25) is 0 Å². The summed E-state index contributed by atoms with van der Waals surface area (Å²) < 4.78 is 50.8. The van der Waals surface area contributed by atoms with Gasteiger partial charge in [0.2, 0.25) is 0 Å². The molecule has 20 heteroatoms. The average molecular weight is 815 g/mol. The van der Waals surface area contributed by atoms with Crippen molar-refractivity contribution in [2.24, 2.45) is 0 Å². The molecule has 0 aromatic heterocycles. The van der Waals surface area contributed by atoms with Crippen molar-refractivity contribution in [1.82, 2.24) is 0 Å². The van der Waals surface area contributed by atoms with Gasteiger partial charge in [-0.25, -0.2) is 4.79 Å². The number of esters is 1. The lowest BCUT2D eigenvalue weighted by molar-refractivity contribution is -0.364. The zero-order valence-electron chi connectivity index (χ0n) is 31.2. The Morgan fingerprint density at radius 1 is 0.702 bits per heavy atom. The molecule has 3 heterocycles. The van der Waals surface area contributed by atoms with Gasteiger partial charge in [0.05, 0.1) is 40.1 Å². The summed E-state index contributed by atoms with van der Waals surface area (Å²) >= 11 is 0. The van der Waals surface area contributed by atoms with Gasteiger partial charge in [-0.1, -0.05) is 12.1 Å². The number of rotatable bonds is 15. The molecule has 5 rings (SSSR count). The quantitative estimate of drug-likeness (QED) is 0.0652. The molecule has 2 aromatic rings. The summed E-state index contributed by atoms with van der Waals surface area (Å²) in [6.45, 7) is -0.132. The minimum atomic E-state index is -1.86. The molecule has 3 aliphatic rings. The maximum absolute atomic E-state index is 13.4. The van der Waals surface area contributed by atoms with Crippen LogP contribution in [0.5, 0.6) is 23.0 Å². The number of phenolic OH excluding ortho intramolecular Hbond substituents is 2. The number of ether oxygens (including phenoxy) is 9. The third-order valence-electron chi connectivity index (χ3n) is 9.77. The van der Waals surface area contributed by atoms with Crippen molar-refractivity contribution in [3.05, 3.63) is 53.6 Å².